The van der Waals surface area contributed by atoms with Crippen molar-refractivity contribution >= 4 is 5.97 Å². The molecule has 0 rings (SSSR count). The molecule has 0 amide bonds. The van der Waals surface area contributed by atoms with Gasteiger partial charge in [-0.1, -0.05) is 27.2 Å². The van der Waals surface area contributed by atoms with E-state index in [1.165, 1.54) is 7.11 Å². The van der Waals surface area contributed by atoms with Gasteiger partial charge in [0, 0.05) is 12.6 Å². The molecule has 0 saturated carbocycles. The Balaban J connectivity index is 4.38. The lowest BCUT2D eigenvalue weighted by atomic mass is 9.82. The third-order valence-corrected chi connectivity index (χ3v) is 3.48. The Kier molecular flexibility index (Phi) is 7.39. The van der Waals surface area contributed by atoms with Gasteiger partial charge in [-0.05, 0) is 26.2 Å². The van der Waals surface area contributed by atoms with E-state index in [0.29, 0.717) is 12.6 Å². The number of hydrogen-bond donors (Lipinski definition) is 1. The average Bonchev–Trinajstić information content (AvgIpc) is 2.31. The van der Waals surface area contributed by atoms with E-state index in [9.17, 15) is 4.79 Å². The summed E-state index contributed by atoms with van der Waals surface area (Å²) in [5.74, 6) is -0.0892. The van der Waals surface area contributed by atoms with Crippen LogP contribution in [-0.2, 0) is 9.53 Å². The van der Waals surface area contributed by atoms with Crippen molar-refractivity contribution in [2.75, 3.05) is 13.7 Å². The van der Waals surface area contributed by atoms with Crippen molar-refractivity contribution in [2.45, 2.75) is 59.4 Å². The van der Waals surface area contributed by atoms with Crippen molar-refractivity contribution < 1.29 is 9.53 Å². The summed E-state index contributed by atoms with van der Waals surface area (Å²) in [4.78, 5) is 11.8. The van der Waals surface area contributed by atoms with Gasteiger partial charge in [0.25, 0.3) is 0 Å². The topological polar surface area (TPSA) is 38.3 Å². The molecule has 0 spiro atoms. The lowest BCUT2D eigenvalue weighted by Crippen LogP contribution is -2.43. The van der Waals surface area contributed by atoms with E-state index in [2.05, 4.69) is 19.2 Å². The predicted octanol–water partition coefficient (Wildman–Crippen LogP) is 2.74. The van der Waals surface area contributed by atoms with Gasteiger partial charge in [-0.3, -0.25) is 4.79 Å². The molecule has 0 aromatic carbocycles. The molecule has 3 heteroatoms. The van der Waals surface area contributed by atoms with Gasteiger partial charge < -0.3 is 10.1 Å². The van der Waals surface area contributed by atoms with Crippen LogP contribution in [-0.4, -0.2) is 25.7 Å². The van der Waals surface area contributed by atoms with Crippen LogP contribution in [0.3, 0.4) is 0 Å². The maximum atomic E-state index is 11.8. The van der Waals surface area contributed by atoms with E-state index in [0.717, 1.165) is 25.7 Å². The second-order valence-electron chi connectivity index (χ2n) is 4.55. The molecule has 1 N–H and O–H groups in total. The highest BCUT2D eigenvalue weighted by Gasteiger charge is 2.35. The Morgan fingerprint density at radius 3 is 2.25 bits per heavy atom. The molecule has 0 fully saturated rings. The third kappa shape index (κ3) is 4.12. The lowest BCUT2D eigenvalue weighted by molar-refractivity contribution is -0.153. The van der Waals surface area contributed by atoms with Crippen molar-refractivity contribution in [3.05, 3.63) is 0 Å². The second-order valence-corrected chi connectivity index (χ2v) is 4.55. The average molecular weight is 229 g/mol. The van der Waals surface area contributed by atoms with Crippen LogP contribution in [0.1, 0.15) is 53.4 Å². The van der Waals surface area contributed by atoms with Crippen molar-refractivity contribution in [3.8, 4) is 0 Å². The Hall–Kier alpha value is -0.570. The van der Waals surface area contributed by atoms with Gasteiger partial charge in [0.05, 0.1) is 12.5 Å². The molecule has 0 bridgehead atoms. The smallest absolute Gasteiger partial charge is 0.313 e. The zero-order chi connectivity index (χ0) is 12.6. The summed E-state index contributed by atoms with van der Waals surface area (Å²) in [6.45, 7) is 9.15. The van der Waals surface area contributed by atoms with Gasteiger partial charge in [0.15, 0.2) is 0 Å². The molecule has 1 atom stereocenters. The van der Waals surface area contributed by atoms with Crippen molar-refractivity contribution in [2.24, 2.45) is 5.41 Å². The molecule has 1 unspecified atom stereocenters. The van der Waals surface area contributed by atoms with Crippen LogP contribution in [0.4, 0.5) is 0 Å². The third-order valence-electron chi connectivity index (χ3n) is 3.48. The zero-order valence-electron chi connectivity index (χ0n) is 11.4. The van der Waals surface area contributed by atoms with Crippen LogP contribution < -0.4 is 5.32 Å². The molecule has 0 aliphatic carbocycles. The standard InChI is InChI=1S/C13H27NO2/c1-6-9-11(4)14-10-13(7-2,8-3)12(15)16-5/h11,14H,6-10H2,1-5H3. The van der Waals surface area contributed by atoms with Gasteiger partial charge >= 0.3 is 5.97 Å². The molecule has 0 aliphatic rings. The summed E-state index contributed by atoms with van der Waals surface area (Å²) in [5, 5.41) is 3.44. The van der Waals surface area contributed by atoms with Gasteiger partial charge in [0.2, 0.25) is 0 Å². The number of methoxy groups -OCH3 is 1. The molecule has 16 heavy (non-hydrogen) atoms. The first-order chi connectivity index (χ1) is 7.56. The van der Waals surface area contributed by atoms with Crippen LogP contribution in [0.5, 0.6) is 0 Å². The first-order valence-electron chi connectivity index (χ1n) is 6.38. The Morgan fingerprint density at radius 1 is 1.31 bits per heavy atom. The Bertz CT molecular complexity index is 200. The Labute approximate surface area is 99.9 Å². The quantitative estimate of drug-likeness (QED) is 0.650. The van der Waals surface area contributed by atoms with Crippen molar-refractivity contribution in [1.82, 2.24) is 5.32 Å². The SMILES string of the molecule is CCCC(C)NCC(CC)(CC)C(=O)OC. The minimum atomic E-state index is -0.350. The van der Waals surface area contributed by atoms with E-state index < -0.39 is 0 Å². The normalized spacial score (nSPS) is 13.6. The highest BCUT2D eigenvalue weighted by molar-refractivity contribution is 5.76. The van der Waals surface area contributed by atoms with Crippen molar-refractivity contribution in [1.29, 1.82) is 0 Å². The van der Waals surface area contributed by atoms with E-state index in [1.54, 1.807) is 0 Å². The second kappa shape index (κ2) is 7.66. The number of esters is 1. The lowest BCUT2D eigenvalue weighted by Gasteiger charge is -2.30. The number of carbonyl (C=O) groups is 1. The summed E-state index contributed by atoms with van der Waals surface area (Å²) in [6.07, 6.45) is 3.95. The number of carbonyl (C=O) groups excluding carboxylic acids is 1. The van der Waals surface area contributed by atoms with E-state index in [4.69, 9.17) is 4.74 Å². The number of hydrogen-bond acceptors (Lipinski definition) is 3. The molecule has 0 aromatic heterocycles. The van der Waals surface area contributed by atoms with E-state index in [-0.39, 0.29) is 11.4 Å². The molecular weight excluding hydrogens is 202 g/mol. The first kappa shape index (κ1) is 15.4. The predicted molar refractivity (Wildman–Crippen MR) is 67.4 cm³/mol. The van der Waals surface area contributed by atoms with Gasteiger partial charge in [-0.25, -0.2) is 0 Å². The molecule has 3 nitrogen and oxygen atoms in total. The summed E-state index contributed by atoms with van der Waals surface area (Å²) in [5.41, 5.74) is -0.350. The number of nitrogens with one attached hydrogen (secondary N) is 1. The van der Waals surface area contributed by atoms with Crippen LogP contribution in [0.25, 0.3) is 0 Å². The fraction of sp³-hybridized carbons (Fsp3) is 0.923. The van der Waals surface area contributed by atoms with Gasteiger partial charge in [0.1, 0.15) is 0 Å². The Morgan fingerprint density at radius 2 is 1.88 bits per heavy atom. The fourth-order valence-electron chi connectivity index (χ4n) is 1.98. The maximum Gasteiger partial charge on any atom is 0.313 e. The van der Waals surface area contributed by atoms with Crippen LogP contribution >= 0.6 is 0 Å². The summed E-state index contributed by atoms with van der Waals surface area (Å²) in [6, 6.07) is 0.465. The highest BCUT2D eigenvalue weighted by Crippen LogP contribution is 2.27. The summed E-state index contributed by atoms with van der Waals surface area (Å²) < 4.78 is 4.91. The van der Waals surface area contributed by atoms with Crippen molar-refractivity contribution in [3.63, 3.8) is 0 Å². The minimum Gasteiger partial charge on any atom is -0.469 e. The molecule has 0 aliphatic heterocycles. The van der Waals surface area contributed by atoms with Gasteiger partial charge in [-0.2, -0.15) is 0 Å². The largest absolute Gasteiger partial charge is 0.469 e. The number of rotatable bonds is 8. The monoisotopic (exact) mass is 229 g/mol. The molecule has 0 heterocycles. The number of ether oxygens (including phenoxy) is 1. The molecule has 0 radical (unpaired) electrons. The summed E-state index contributed by atoms with van der Waals surface area (Å²) in [7, 11) is 1.47. The zero-order valence-corrected chi connectivity index (χ0v) is 11.4. The minimum absolute atomic E-state index is 0.0892. The molecule has 0 saturated heterocycles. The van der Waals surface area contributed by atoms with Gasteiger partial charge in [-0.15, -0.1) is 0 Å². The van der Waals surface area contributed by atoms with E-state index in [1.807, 2.05) is 13.8 Å². The summed E-state index contributed by atoms with van der Waals surface area (Å²) >= 11 is 0. The first-order valence-corrected chi connectivity index (χ1v) is 6.38. The highest BCUT2D eigenvalue weighted by atomic mass is 16.5. The van der Waals surface area contributed by atoms with Crippen LogP contribution in [0, 0.1) is 5.41 Å². The van der Waals surface area contributed by atoms with E-state index >= 15 is 0 Å². The van der Waals surface area contributed by atoms with Crippen LogP contribution in [0.15, 0.2) is 0 Å². The molecule has 0 aromatic rings. The maximum absolute atomic E-state index is 11.8. The molecular formula is C13H27NO2. The molecule has 96 valence electrons. The fourth-order valence-corrected chi connectivity index (χ4v) is 1.98. The van der Waals surface area contributed by atoms with Crippen LogP contribution in [0.2, 0.25) is 0 Å².